The van der Waals surface area contributed by atoms with Crippen molar-refractivity contribution in [3.8, 4) is 0 Å². The molecule has 1 fully saturated rings. The molecule has 0 spiro atoms. The molecular weight excluding hydrogens is 272 g/mol. The number of hydrogen-bond donors (Lipinski definition) is 1. The van der Waals surface area contributed by atoms with Crippen LogP contribution in [0.3, 0.4) is 0 Å². The lowest BCUT2D eigenvalue weighted by atomic mass is 10.0. The summed E-state index contributed by atoms with van der Waals surface area (Å²) in [5.74, 6) is -1.03. The number of hydrogen-bond acceptors (Lipinski definition) is 5. The van der Waals surface area contributed by atoms with Crippen molar-refractivity contribution in [3.63, 3.8) is 0 Å². The second kappa shape index (κ2) is 7.51. The second-order valence-corrected chi connectivity index (χ2v) is 5.57. The van der Waals surface area contributed by atoms with Gasteiger partial charge in [0.15, 0.2) is 5.69 Å². The van der Waals surface area contributed by atoms with Crippen LogP contribution in [0.15, 0.2) is 0 Å². The van der Waals surface area contributed by atoms with Gasteiger partial charge in [-0.3, -0.25) is 0 Å². The van der Waals surface area contributed by atoms with Crippen LogP contribution < -0.4 is 0 Å². The number of rotatable bonds is 7. The molecule has 0 bridgehead atoms. The second-order valence-electron chi connectivity index (χ2n) is 5.57. The van der Waals surface area contributed by atoms with Crippen LogP contribution in [0, 0.1) is 0 Å². The summed E-state index contributed by atoms with van der Waals surface area (Å²) in [6.45, 7) is 2.31. The van der Waals surface area contributed by atoms with Crippen LogP contribution in [-0.4, -0.2) is 64.3 Å². The molecule has 0 aromatic carbocycles. The fraction of sp³-hybridized carbons (Fsp3) is 0.786. The Morgan fingerprint density at radius 3 is 2.95 bits per heavy atom. The number of ether oxygens (including phenoxy) is 1. The third-order valence-electron chi connectivity index (χ3n) is 4.18. The number of carboxylic acids is 1. The first-order chi connectivity index (χ1) is 10.1. The highest BCUT2D eigenvalue weighted by molar-refractivity contribution is 5.86. The number of piperidine rings is 1. The van der Waals surface area contributed by atoms with Crippen LogP contribution in [0.2, 0.25) is 0 Å². The molecule has 0 radical (unpaired) electrons. The van der Waals surface area contributed by atoms with Crippen molar-refractivity contribution in [2.75, 3.05) is 27.3 Å². The topological polar surface area (TPSA) is 80.5 Å². The van der Waals surface area contributed by atoms with E-state index in [1.54, 1.807) is 11.8 Å². The number of aromatic carboxylic acids is 1. The number of aryl methyl sites for hydroxylation is 1. The predicted molar refractivity (Wildman–Crippen MR) is 77.4 cm³/mol. The maximum atomic E-state index is 11.2. The number of carbonyl (C=O) groups is 1. The highest BCUT2D eigenvalue weighted by atomic mass is 16.5. The Morgan fingerprint density at radius 2 is 2.29 bits per heavy atom. The summed E-state index contributed by atoms with van der Waals surface area (Å²) in [4.78, 5) is 13.6. The van der Waals surface area contributed by atoms with Crippen molar-refractivity contribution in [3.05, 3.63) is 11.4 Å². The van der Waals surface area contributed by atoms with Crippen molar-refractivity contribution >= 4 is 5.97 Å². The summed E-state index contributed by atoms with van der Waals surface area (Å²) in [6.07, 6.45) is 5.22. The Balaban J connectivity index is 2.02. The first-order valence-electron chi connectivity index (χ1n) is 7.48. The van der Waals surface area contributed by atoms with Gasteiger partial charge in [-0.15, -0.1) is 5.10 Å². The average molecular weight is 296 g/mol. The summed E-state index contributed by atoms with van der Waals surface area (Å²) in [5, 5.41) is 17.0. The highest BCUT2D eigenvalue weighted by Gasteiger charge is 2.22. The largest absolute Gasteiger partial charge is 0.476 e. The molecule has 1 aliphatic heterocycles. The van der Waals surface area contributed by atoms with Crippen molar-refractivity contribution in [1.29, 1.82) is 0 Å². The highest BCUT2D eigenvalue weighted by Crippen LogP contribution is 2.19. The minimum absolute atomic E-state index is 0.0454. The summed E-state index contributed by atoms with van der Waals surface area (Å²) >= 11 is 0. The van der Waals surface area contributed by atoms with Gasteiger partial charge in [-0.2, -0.15) is 0 Å². The van der Waals surface area contributed by atoms with Gasteiger partial charge in [0.1, 0.15) is 0 Å². The first-order valence-corrected chi connectivity index (χ1v) is 7.48. The third kappa shape index (κ3) is 4.01. The van der Waals surface area contributed by atoms with Crippen LogP contribution in [-0.2, 0) is 17.7 Å². The first kappa shape index (κ1) is 15.9. The molecule has 0 amide bonds. The van der Waals surface area contributed by atoms with Gasteiger partial charge in [-0.05, 0) is 32.9 Å². The third-order valence-corrected chi connectivity index (χ3v) is 4.18. The van der Waals surface area contributed by atoms with E-state index in [1.807, 2.05) is 0 Å². The van der Waals surface area contributed by atoms with Gasteiger partial charge in [0.2, 0.25) is 0 Å². The van der Waals surface area contributed by atoms with Gasteiger partial charge >= 0.3 is 5.97 Å². The molecule has 1 saturated heterocycles. The predicted octanol–water partition coefficient (Wildman–Crippen LogP) is 1.04. The molecular formula is C14H24N4O3. The van der Waals surface area contributed by atoms with E-state index in [9.17, 15) is 9.90 Å². The van der Waals surface area contributed by atoms with Crippen LogP contribution in [0.1, 0.15) is 41.9 Å². The summed E-state index contributed by atoms with van der Waals surface area (Å²) < 4.78 is 6.77. The average Bonchev–Trinajstić information content (AvgIpc) is 2.87. The Bertz CT molecular complexity index is 475. The normalized spacial score (nSPS) is 19.8. The van der Waals surface area contributed by atoms with E-state index in [2.05, 4.69) is 22.3 Å². The zero-order valence-electron chi connectivity index (χ0n) is 12.8. The molecule has 7 nitrogen and oxygen atoms in total. The fourth-order valence-electron chi connectivity index (χ4n) is 2.90. The maximum absolute atomic E-state index is 11.2. The Hall–Kier alpha value is -1.47. The number of methoxy groups -OCH3 is 1. The molecule has 1 aliphatic rings. The zero-order chi connectivity index (χ0) is 15.2. The smallest absolute Gasteiger partial charge is 0.358 e. The Kier molecular flexibility index (Phi) is 5.69. The van der Waals surface area contributed by atoms with Crippen LogP contribution in [0.4, 0.5) is 0 Å². The van der Waals surface area contributed by atoms with E-state index in [-0.39, 0.29) is 5.69 Å². The molecule has 118 valence electrons. The van der Waals surface area contributed by atoms with E-state index >= 15 is 0 Å². The van der Waals surface area contributed by atoms with Crippen LogP contribution in [0.5, 0.6) is 0 Å². The lowest BCUT2D eigenvalue weighted by molar-refractivity contribution is 0.0688. The van der Waals surface area contributed by atoms with Gasteiger partial charge in [-0.1, -0.05) is 11.6 Å². The van der Waals surface area contributed by atoms with Crippen molar-refractivity contribution in [2.24, 2.45) is 0 Å². The van der Waals surface area contributed by atoms with Gasteiger partial charge in [-0.25, -0.2) is 9.48 Å². The van der Waals surface area contributed by atoms with Gasteiger partial charge < -0.3 is 14.7 Å². The SMILES string of the molecule is COCCc1c(C(=O)O)nnn1CCC1CCCCN1C. The Morgan fingerprint density at radius 1 is 1.48 bits per heavy atom. The summed E-state index contributed by atoms with van der Waals surface area (Å²) in [7, 11) is 3.76. The lowest BCUT2D eigenvalue weighted by Crippen LogP contribution is -2.37. The summed E-state index contributed by atoms with van der Waals surface area (Å²) in [6, 6.07) is 0.548. The number of likely N-dealkylation sites (tertiary alicyclic amines) is 1. The molecule has 2 rings (SSSR count). The standard InChI is InChI=1S/C14H24N4O3/c1-17-8-4-3-5-11(17)6-9-18-12(7-10-21-2)13(14(19)20)15-16-18/h11H,3-10H2,1-2H3,(H,19,20). The number of carboxylic acid groups (broad SMARTS) is 1. The van der Waals surface area contributed by atoms with Crippen LogP contribution >= 0.6 is 0 Å². The van der Waals surface area contributed by atoms with E-state index in [0.29, 0.717) is 31.3 Å². The zero-order valence-corrected chi connectivity index (χ0v) is 12.8. The van der Waals surface area contributed by atoms with Gasteiger partial charge in [0, 0.05) is 26.1 Å². The number of nitrogens with zero attached hydrogens (tertiary/aromatic N) is 4. The molecule has 1 aromatic rings. The molecule has 1 atom stereocenters. The van der Waals surface area contributed by atoms with Crippen molar-refractivity contribution in [2.45, 2.75) is 44.7 Å². The minimum Gasteiger partial charge on any atom is -0.476 e. The Labute approximate surface area is 124 Å². The molecule has 1 aromatic heterocycles. The molecule has 1 N–H and O–H groups in total. The van der Waals surface area contributed by atoms with E-state index < -0.39 is 5.97 Å². The molecule has 0 saturated carbocycles. The maximum Gasteiger partial charge on any atom is 0.358 e. The minimum atomic E-state index is -1.03. The van der Waals surface area contributed by atoms with Gasteiger partial charge in [0.25, 0.3) is 0 Å². The molecule has 21 heavy (non-hydrogen) atoms. The van der Waals surface area contributed by atoms with Crippen LogP contribution in [0.25, 0.3) is 0 Å². The quantitative estimate of drug-likeness (QED) is 0.810. The van der Waals surface area contributed by atoms with Gasteiger partial charge in [0.05, 0.1) is 12.3 Å². The summed E-state index contributed by atoms with van der Waals surface area (Å²) in [5.41, 5.74) is 0.701. The molecule has 1 unspecified atom stereocenters. The molecule has 7 heteroatoms. The monoisotopic (exact) mass is 296 g/mol. The fourth-order valence-corrected chi connectivity index (χ4v) is 2.90. The number of aromatic nitrogens is 3. The molecule has 2 heterocycles. The van der Waals surface area contributed by atoms with Crippen molar-refractivity contribution in [1.82, 2.24) is 19.9 Å². The van der Waals surface area contributed by atoms with E-state index in [4.69, 9.17) is 4.74 Å². The molecule has 0 aliphatic carbocycles. The lowest BCUT2D eigenvalue weighted by Gasteiger charge is -2.32. The van der Waals surface area contributed by atoms with E-state index in [0.717, 1.165) is 13.0 Å². The van der Waals surface area contributed by atoms with E-state index in [1.165, 1.54) is 19.3 Å². The van der Waals surface area contributed by atoms with Crippen molar-refractivity contribution < 1.29 is 14.6 Å².